The maximum atomic E-state index is 12.8. The zero-order valence-electron chi connectivity index (χ0n) is 15.7. The van der Waals surface area contributed by atoms with Gasteiger partial charge in [-0.15, -0.1) is 0 Å². The Hall–Kier alpha value is -2.05. The van der Waals surface area contributed by atoms with Gasteiger partial charge in [-0.25, -0.2) is 0 Å². The molecule has 3 fully saturated rings. The largest absolute Gasteiger partial charge is 0.503 e. The number of amides is 1. The van der Waals surface area contributed by atoms with Crippen LogP contribution >= 0.6 is 0 Å². The van der Waals surface area contributed by atoms with Gasteiger partial charge in [-0.05, 0) is 42.4 Å². The van der Waals surface area contributed by atoms with Gasteiger partial charge in [0, 0.05) is 20.0 Å². The Morgan fingerprint density at radius 2 is 2.22 bits per heavy atom. The third-order valence-corrected chi connectivity index (χ3v) is 7.78. The smallest absolute Gasteiger partial charge is 0.224 e. The molecule has 4 heterocycles. The van der Waals surface area contributed by atoms with E-state index >= 15 is 0 Å². The van der Waals surface area contributed by atoms with Crippen LogP contribution in [0.4, 0.5) is 5.69 Å². The number of hydrogen-bond donors (Lipinski definition) is 1. The summed E-state index contributed by atoms with van der Waals surface area (Å²) in [5, 5.41) is 11.0. The molecule has 5 aliphatic rings. The molecule has 1 N–H and O–H groups in total. The zero-order chi connectivity index (χ0) is 18.6. The van der Waals surface area contributed by atoms with E-state index in [1.54, 1.807) is 14.0 Å². The first-order valence-electron chi connectivity index (χ1n) is 9.86. The number of phenolic OH excluding ortho intramolecular Hbond substituents is 1. The molecule has 0 radical (unpaired) electrons. The summed E-state index contributed by atoms with van der Waals surface area (Å²) in [6.07, 6.45) is 5.26. The number of phenols is 1. The number of carbonyl (C=O) groups is 1. The molecule has 0 unspecified atom stereocenters. The van der Waals surface area contributed by atoms with E-state index in [0.29, 0.717) is 24.0 Å². The second-order valence-corrected chi connectivity index (χ2v) is 8.46. The maximum absolute atomic E-state index is 12.8. The minimum atomic E-state index is -0.460. The van der Waals surface area contributed by atoms with E-state index in [0.717, 1.165) is 37.9 Å². The summed E-state index contributed by atoms with van der Waals surface area (Å²) in [6.45, 7) is 4.23. The fourth-order valence-electron chi connectivity index (χ4n) is 7.03. The summed E-state index contributed by atoms with van der Waals surface area (Å²) in [5.41, 5.74) is 2.30. The first-order valence-corrected chi connectivity index (χ1v) is 9.86. The Morgan fingerprint density at radius 3 is 3.00 bits per heavy atom. The summed E-state index contributed by atoms with van der Waals surface area (Å²) in [7, 11) is 1.55. The molecular formula is C21H24N2O4. The lowest BCUT2D eigenvalue weighted by molar-refractivity contribution is -0.158. The van der Waals surface area contributed by atoms with E-state index < -0.39 is 5.72 Å². The van der Waals surface area contributed by atoms with Gasteiger partial charge in [-0.3, -0.25) is 9.69 Å². The van der Waals surface area contributed by atoms with Gasteiger partial charge in [0.05, 0.1) is 30.9 Å². The standard InChI is InChI=1S/C21H24N2O4/c1-12(24)23-17-11-13-5-8-22-9-7-20(17,21(22)14(13)6-10-27-21)15-3-4-16(26-2)19(25)18(15)23/h3-4,6,13,17,25H,5,7-11H2,1-2H3/t13-,17-,20-,21+/m1/s1. The number of benzene rings is 1. The molecule has 2 bridgehead atoms. The minimum absolute atomic E-state index is 0.00792. The predicted octanol–water partition coefficient (Wildman–Crippen LogP) is 2.16. The normalized spacial score (nSPS) is 38.3. The summed E-state index contributed by atoms with van der Waals surface area (Å²) >= 11 is 0. The van der Waals surface area contributed by atoms with Crippen LogP contribution in [-0.2, 0) is 14.9 Å². The average molecular weight is 368 g/mol. The van der Waals surface area contributed by atoms with Crippen molar-refractivity contribution in [2.45, 2.75) is 43.4 Å². The van der Waals surface area contributed by atoms with Crippen LogP contribution in [0, 0.1) is 5.92 Å². The number of nitrogens with zero attached hydrogens (tertiary/aromatic N) is 2. The van der Waals surface area contributed by atoms with E-state index in [1.807, 2.05) is 11.0 Å². The SMILES string of the molecule is COc1ccc2c(c1O)N(C(C)=O)[C@@H]1C[C@H]3CCN4CC[C@@]21[C@]41OCC=C31. The summed E-state index contributed by atoms with van der Waals surface area (Å²) in [6, 6.07) is 3.89. The van der Waals surface area contributed by atoms with Crippen molar-refractivity contribution < 1.29 is 19.4 Å². The van der Waals surface area contributed by atoms with Gasteiger partial charge in [-0.2, -0.15) is 0 Å². The van der Waals surface area contributed by atoms with Gasteiger partial charge in [0.2, 0.25) is 5.91 Å². The van der Waals surface area contributed by atoms with Crippen molar-refractivity contribution in [3.8, 4) is 11.5 Å². The highest BCUT2D eigenvalue weighted by Crippen LogP contribution is 2.70. The zero-order valence-corrected chi connectivity index (χ0v) is 15.7. The van der Waals surface area contributed by atoms with Crippen LogP contribution in [0.3, 0.4) is 0 Å². The molecule has 6 heteroatoms. The molecule has 6 nitrogen and oxygen atoms in total. The van der Waals surface area contributed by atoms with Crippen LogP contribution in [0.5, 0.6) is 11.5 Å². The first-order chi connectivity index (χ1) is 13.1. The molecule has 27 heavy (non-hydrogen) atoms. The highest BCUT2D eigenvalue weighted by atomic mass is 16.5. The van der Waals surface area contributed by atoms with Crippen LogP contribution < -0.4 is 9.64 Å². The third-order valence-electron chi connectivity index (χ3n) is 7.78. The number of aromatic hydroxyl groups is 1. The Kier molecular flexibility index (Phi) is 2.87. The number of carbonyl (C=O) groups excluding carboxylic acids is 1. The third kappa shape index (κ3) is 1.49. The van der Waals surface area contributed by atoms with E-state index in [9.17, 15) is 9.90 Å². The molecule has 0 aromatic heterocycles. The van der Waals surface area contributed by atoms with Gasteiger partial charge < -0.3 is 19.5 Å². The molecule has 1 amide bonds. The number of ether oxygens (including phenoxy) is 2. The fraction of sp³-hybridized carbons (Fsp3) is 0.571. The number of methoxy groups -OCH3 is 1. The van der Waals surface area contributed by atoms with Crippen molar-refractivity contribution in [1.82, 2.24) is 4.90 Å². The summed E-state index contributed by atoms with van der Waals surface area (Å²) < 4.78 is 11.9. The van der Waals surface area contributed by atoms with Crippen LogP contribution in [-0.4, -0.2) is 54.5 Å². The molecule has 2 saturated heterocycles. The number of piperidine rings is 1. The number of rotatable bonds is 1. The maximum Gasteiger partial charge on any atom is 0.224 e. The topological polar surface area (TPSA) is 62.2 Å². The summed E-state index contributed by atoms with van der Waals surface area (Å²) in [4.78, 5) is 17.1. The predicted molar refractivity (Wildman–Crippen MR) is 99.0 cm³/mol. The van der Waals surface area contributed by atoms with Gasteiger partial charge in [0.1, 0.15) is 0 Å². The Balaban J connectivity index is 1.69. The molecule has 1 aromatic carbocycles. The van der Waals surface area contributed by atoms with Crippen molar-refractivity contribution >= 4 is 11.6 Å². The van der Waals surface area contributed by atoms with E-state index in [2.05, 4.69) is 17.0 Å². The molecule has 6 rings (SSSR count). The van der Waals surface area contributed by atoms with Crippen LogP contribution in [0.2, 0.25) is 0 Å². The van der Waals surface area contributed by atoms with E-state index in [1.165, 1.54) is 5.57 Å². The molecule has 142 valence electrons. The lowest BCUT2D eigenvalue weighted by atomic mass is 9.56. The van der Waals surface area contributed by atoms with Crippen LogP contribution in [0.15, 0.2) is 23.8 Å². The Bertz CT molecular complexity index is 912. The van der Waals surface area contributed by atoms with Gasteiger partial charge in [0.15, 0.2) is 17.2 Å². The van der Waals surface area contributed by atoms with Crippen molar-refractivity contribution in [2.75, 3.05) is 31.7 Å². The average Bonchev–Trinajstić information content (AvgIpc) is 3.32. The van der Waals surface area contributed by atoms with Crippen molar-refractivity contribution in [1.29, 1.82) is 0 Å². The molecular weight excluding hydrogens is 344 g/mol. The van der Waals surface area contributed by atoms with Gasteiger partial charge >= 0.3 is 0 Å². The quantitative estimate of drug-likeness (QED) is 0.770. The van der Waals surface area contributed by atoms with Crippen molar-refractivity contribution in [2.24, 2.45) is 5.92 Å². The number of hydrogen-bond acceptors (Lipinski definition) is 5. The highest BCUT2D eigenvalue weighted by Gasteiger charge is 2.76. The van der Waals surface area contributed by atoms with Crippen LogP contribution in [0.1, 0.15) is 31.7 Å². The lowest BCUT2D eigenvalue weighted by Crippen LogP contribution is -2.69. The molecule has 4 aliphatic heterocycles. The number of fused-ring (bicyclic) bond motifs is 1. The highest BCUT2D eigenvalue weighted by molar-refractivity contribution is 5.99. The second kappa shape index (κ2) is 4.86. The number of anilines is 1. The second-order valence-electron chi connectivity index (χ2n) is 8.46. The minimum Gasteiger partial charge on any atom is -0.503 e. The van der Waals surface area contributed by atoms with Crippen molar-refractivity contribution in [3.63, 3.8) is 0 Å². The fourth-order valence-corrected chi connectivity index (χ4v) is 7.03. The molecule has 1 aliphatic carbocycles. The molecule has 1 aromatic rings. The van der Waals surface area contributed by atoms with Gasteiger partial charge in [0.25, 0.3) is 0 Å². The summed E-state index contributed by atoms with van der Waals surface area (Å²) in [5.74, 6) is 0.899. The monoisotopic (exact) mass is 368 g/mol. The van der Waals surface area contributed by atoms with Crippen molar-refractivity contribution in [3.05, 3.63) is 29.3 Å². The molecule has 1 saturated carbocycles. The van der Waals surface area contributed by atoms with Crippen LogP contribution in [0.25, 0.3) is 0 Å². The Labute approximate surface area is 158 Å². The van der Waals surface area contributed by atoms with Gasteiger partial charge in [-0.1, -0.05) is 12.1 Å². The lowest BCUT2D eigenvalue weighted by Gasteiger charge is -2.58. The van der Waals surface area contributed by atoms with E-state index in [4.69, 9.17) is 9.47 Å². The molecule has 2 spiro atoms. The Morgan fingerprint density at radius 1 is 1.37 bits per heavy atom. The van der Waals surface area contributed by atoms with E-state index in [-0.39, 0.29) is 23.1 Å². The molecule has 4 atom stereocenters. The first kappa shape index (κ1) is 16.0.